The second-order valence-corrected chi connectivity index (χ2v) is 11.1. The summed E-state index contributed by atoms with van der Waals surface area (Å²) in [7, 11) is 0. The third kappa shape index (κ3) is 4.17. The summed E-state index contributed by atoms with van der Waals surface area (Å²) in [6, 6.07) is 10.6. The third-order valence-electron chi connectivity index (χ3n) is 8.25. The van der Waals surface area contributed by atoms with Crippen molar-refractivity contribution in [3.05, 3.63) is 77.8 Å². The Labute approximate surface area is 220 Å². The van der Waals surface area contributed by atoms with E-state index in [0.717, 1.165) is 24.9 Å². The number of aromatic nitrogens is 3. The van der Waals surface area contributed by atoms with Crippen molar-refractivity contribution in [1.82, 2.24) is 24.8 Å². The Morgan fingerprint density at radius 2 is 2.00 bits per heavy atom. The molecule has 0 unspecified atom stereocenters. The average molecular weight is 516 g/mol. The first kappa shape index (κ1) is 24.7. The number of hydrogen-bond donors (Lipinski definition) is 1. The molecule has 2 saturated heterocycles. The fourth-order valence-corrected chi connectivity index (χ4v) is 6.40. The number of pyridine rings is 2. The normalized spacial score (nSPS) is 21.0. The molecule has 5 heterocycles. The predicted molar refractivity (Wildman–Crippen MR) is 143 cm³/mol. The number of benzene rings is 1. The average Bonchev–Trinajstić information content (AvgIpc) is 3.54. The first-order valence-corrected chi connectivity index (χ1v) is 13.2. The number of carbonyl (C=O) groups is 1. The minimum atomic E-state index is -0.633. The summed E-state index contributed by atoms with van der Waals surface area (Å²) < 4.78 is 30.6. The minimum Gasteiger partial charge on any atom is -0.349 e. The number of halogens is 2. The maximum absolute atomic E-state index is 15.0. The van der Waals surface area contributed by atoms with Crippen molar-refractivity contribution in [2.75, 3.05) is 6.54 Å². The summed E-state index contributed by atoms with van der Waals surface area (Å²) >= 11 is 0. The highest BCUT2D eigenvalue weighted by atomic mass is 19.1. The summed E-state index contributed by atoms with van der Waals surface area (Å²) in [4.78, 5) is 20.5. The van der Waals surface area contributed by atoms with Crippen LogP contribution in [0.4, 0.5) is 8.78 Å². The van der Waals surface area contributed by atoms with Gasteiger partial charge < -0.3 is 5.32 Å². The van der Waals surface area contributed by atoms with Crippen molar-refractivity contribution in [2.24, 2.45) is 0 Å². The van der Waals surface area contributed by atoms with Crippen LogP contribution in [0.25, 0.3) is 27.9 Å². The van der Waals surface area contributed by atoms with Gasteiger partial charge in [-0.3, -0.25) is 14.7 Å². The van der Waals surface area contributed by atoms with E-state index in [1.165, 1.54) is 31.9 Å². The number of amides is 1. The van der Waals surface area contributed by atoms with Gasteiger partial charge in [-0.05, 0) is 88.9 Å². The van der Waals surface area contributed by atoms with Gasteiger partial charge in [-0.1, -0.05) is 6.07 Å². The van der Waals surface area contributed by atoms with Crippen molar-refractivity contribution in [3.63, 3.8) is 0 Å². The molecule has 38 heavy (non-hydrogen) atoms. The van der Waals surface area contributed by atoms with Gasteiger partial charge in [-0.25, -0.2) is 13.3 Å². The van der Waals surface area contributed by atoms with Crippen molar-refractivity contribution in [1.29, 1.82) is 0 Å². The molecular formula is C30H31F2N5O. The number of rotatable bonds is 4. The first-order chi connectivity index (χ1) is 18.2. The molecule has 8 heteroatoms. The predicted octanol–water partition coefficient (Wildman–Crippen LogP) is 5.79. The van der Waals surface area contributed by atoms with Gasteiger partial charge >= 0.3 is 0 Å². The lowest BCUT2D eigenvalue weighted by atomic mass is 9.83. The van der Waals surface area contributed by atoms with Crippen LogP contribution in [0.15, 0.2) is 55.0 Å². The molecule has 0 spiro atoms. The van der Waals surface area contributed by atoms with Crippen LogP contribution in [0.3, 0.4) is 0 Å². The molecule has 1 amide bonds. The van der Waals surface area contributed by atoms with E-state index in [4.69, 9.17) is 0 Å². The lowest BCUT2D eigenvalue weighted by molar-refractivity contribution is 0.0367. The number of nitrogens with zero attached hydrogens (tertiary/aromatic N) is 4. The fourth-order valence-electron chi connectivity index (χ4n) is 6.40. The molecule has 1 N–H and O–H groups in total. The molecule has 6 rings (SSSR count). The molecule has 3 aromatic heterocycles. The maximum Gasteiger partial charge on any atom is 0.255 e. The quantitative estimate of drug-likeness (QED) is 0.374. The molecule has 4 aromatic rings. The van der Waals surface area contributed by atoms with Crippen LogP contribution in [0.5, 0.6) is 0 Å². The molecule has 2 atom stereocenters. The van der Waals surface area contributed by atoms with E-state index in [0.29, 0.717) is 28.4 Å². The van der Waals surface area contributed by atoms with Crippen LogP contribution in [0, 0.1) is 18.6 Å². The summed E-state index contributed by atoms with van der Waals surface area (Å²) in [5, 5.41) is 7.68. The van der Waals surface area contributed by atoms with E-state index in [9.17, 15) is 9.18 Å². The highest BCUT2D eigenvalue weighted by Gasteiger charge is 2.43. The van der Waals surface area contributed by atoms with Crippen LogP contribution in [0.1, 0.15) is 55.5 Å². The second kappa shape index (κ2) is 9.27. The Morgan fingerprint density at radius 3 is 2.84 bits per heavy atom. The van der Waals surface area contributed by atoms with Crippen LogP contribution in [-0.2, 0) is 0 Å². The standard InChI is InChI=1S/C30H31F2N5O/c1-18-25(31)9-8-23(27(18)32)28-22(7-4-11-33-28)19-10-13-37-26(14-19)24(17-34-37)29(38)35-20-15-21-6-5-12-36(21)30(2,3)16-20/h4,7-11,13-14,17,20-21H,5-6,12,15-16H2,1-3H3,(H,35,38)/t20-,21+/m1/s1. The lowest BCUT2D eigenvalue weighted by Gasteiger charge is -2.47. The molecule has 0 saturated carbocycles. The number of nitrogens with one attached hydrogen (secondary N) is 1. The Bertz CT molecular complexity index is 1550. The van der Waals surface area contributed by atoms with E-state index in [1.807, 2.05) is 18.2 Å². The molecule has 196 valence electrons. The van der Waals surface area contributed by atoms with Gasteiger partial charge in [0.25, 0.3) is 5.91 Å². The maximum atomic E-state index is 15.0. The van der Waals surface area contributed by atoms with Gasteiger partial charge in [-0.2, -0.15) is 5.10 Å². The molecule has 0 radical (unpaired) electrons. The Hall–Kier alpha value is -3.65. The zero-order valence-corrected chi connectivity index (χ0v) is 21.8. The number of piperidine rings is 1. The summed E-state index contributed by atoms with van der Waals surface area (Å²) in [5.41, 5.74) is 3.24. The van der Waals surface area contributed by atoms with Gasteiger partial charge in [0.2, 0.25) is 0 Å². The van der Waals surface area contributed by atoms with Crippen molar-refractivity contribution < 1.29 is 13.6 Å². The zero-order valence-electron chi connectivity index (χ0n) is 21.8. The first-order valence-electron chi connectivity index (χ1n) is 13.2. The van der Waals surface area contributed by atoms with Gasteiger partial charge in [-0.15, -0.1) is 0 Å². The molecule has 6 nitrogen and oxygen atoms in total. The zero-order chi connectivity index (χ0) is 26.6. The molecule has 2 fully saturated rings. The van der Waals surface area contributed by atoms with Crippen LogP contribution >= 0.6 is 0 Å². The van der Waals surface area contributed by atoms with Crippen LogP contribution in [0.2, 0.25) is 0 Å². The highest BCUT2D eigenvalue weighted by molar-refractivity contribution is 6.01. The molecule has 1 aromatic carbocycles. The SMILES string of the molecule is Cc1c(F)ccc(-c2ncccc2-c2ccn3ncc(C(=O)N[C@@H]4C[C@@H]5CCCN5C(C)(C)C4)c3c2)c1F. The Balaban J connectivity index is 1.33. The number of carbonyl (C=O) groups excluding carboxylic acids is 1. The Morgan fingerprint density at radius 1 is 1.16 bits per heavy atom. The van der Waals surface area contributed by atoms with Crippen LogP contribution in [-0.4, -0.2) is 49.6 Å². The Kier molecular flexibility index (Phi) is 6.02. The highest BCUT2D eigenvalue weighted by Crippen LogP contribution is 2.38. The van der Waals surface area contributed by atoms with E-state index >= 15 is 4.39 Å². The topological polar surface area (TPSA) is 62.5 Å². The largest absolute Gasteiger partial charge is 0.349 e. The number of fused-ring (bicyclic) bond motifs is 2. The van der Waals surface area contributed by atoms with E-state index in [1.54, 1.807) is 29.2 Å². The third-order valence-corrected chi connectivity index (χ3v) is 8.25. The number of hydrogen-bond acceptors (Lipinski definition) is 4. The summed E-state index contributed by atoms with van der Waals surface area (Å²) in [6.45, 7) is 7.08. The molecule has 2 aliphatic heterocycles. The monoisotopic (exact) mass is 515 g/mol. The molecule has 0 aliphatic carbocycles. The van der Waals surface area contributed by atoms with Gasteiger partial charge in [0.1, 0.15) is 11.6 Å². The molecule has 0 bridgehead atoms. The molecular weight excluding hydrogens is 484 g/mol. The smallest absolute Gasteiger partial charge is 0.255 e. The fraction of sp³-hybridized carbons (Fsp3) is 0.367. The van der Waals surface area contributed by atoms with Crippen LogP contribution < -0.4 is 5.32 Å². The lowest BCUT2D eigenvalue weighted by Crippen LogP contribution is -2.57. The molecule has 2 aliphatic rings. The van der Waals surface area contributed by atoms with Gasteiger partial charge in [0.05, 0.1) is 23.0 Å². The summed E-state index contributed by atoms with van der Waals surface area (Å²) in [5.74, 6) is -1.37. The minimum absolute atomic E-state index is 0.0454. The van der Waals surface area contributed by atoms with E-state index in [2.05, 4.69) is 34.1 Å². The summed E-state index contributed by atoms with van der Waals surface area (Å²) in [6.07, 6.45) is 9.22. The second-order valence-electron chi connectivity index (χ2n) is 11.1. The van der Waals surface area contributed by atoms with Crippen molar-refractivity contribution in [3.8, 4) is 22.4 Å². The van der Waals surface area contributed by atoms with Gasteiger partial charge in [0, 0.05) is 46.7 Å². The van der Waals surface area contributed by atoms with Gasteiger partial charge in [0.15, 0.2) is 0 Å². The van der Waals surface area contributed by atoms with Crippen molar-refractivity contribution in [2.45, 2.75) is 64.1 Å². The van der Waals surface area contributed by atoms with E-state index in [-0.39, 0.29) is 28.6 Å². The van der Waals surface area contributed by atoms with E-state index < -0.39 is 11.6 Å². The van der Waals surface area contributed by atoms with Crippen molar-refractivity contribution >= 4 is 11.4 Å².